The van der Waals surface area contributed by atoms with Crippen molar-refractivity contribution >= 4 is 65.2 Å². The number of hydrogen-bond donors (Lipinski definition) is 2. The summed E-state index contributed by atoms with van der Waals surface area (Å²) in [6.45, 7) is 1.84. The van der Waals surface area contributed by atoms with Crippen LogP contribution in [0.4, 0.5) is 0 Å². The van der Waals surface area contributed by atoms with Gasteiger partial charge in [-0.05, 0) is 12.1 Å². The van der Waals surface area contributed by atoms with E-state index < -0.39 is 0 Å². The van der Waals surface area contributed by atoms with E-state index >= 15 is 0 Å². The summed E-state index contributed by atoms with van der Waals surface area (Å²) in [5.41, 5.74) is 4.11. The van der Waals surface area contributed by atoms with Crippen molar-refractivity contribution in [3.8, 4) is 0 Å². The summed E-state index contributed by atoms with van der Waals surface area (Å²) in [5.74, 6) is 0. The highest BCUT2D eigenvalue weighted by Crippen LogP contribution is 2.32. The number of rotatable bonds is 8. The number of fused-ring (bicyclic) bond motifs is 6. The molecule has 0 aromatic carbocycles. The van der Waals surface area contributed by atoms with Gasteiger partial charge in [0.25, 0.3) is 11.1 Å². The molecule has 0 aliphatic carbocycles. The lowest BCUT2D eigenvalue weighted by Gasteiger charge is -2.04. The molecule has 20 nitrogen and oxygen atoms in total. The zero-order valence-corrected chi connectivity index (χ0v) is 29.0. The van der Waals surface area contributed by atoms with Gasteiger partial charge in [-0.25, -0.2) is 29.0 Å². The quantitative estimate of drug-likeness (QED) is 0.227. The third-order valence-electron chi connectivity index (χ3n) is 8.44. The Hall–Kier alpha value is -6.68. The van der Waals surface area contributed by atoms with Crippen molar-refractivity contribution in [2.45, 2.75) is 26.2 Å². The van der Waals surface area contributed by atoms with Crippen LogP contribution in [0.3, 0.4) is 0 Å². The van der Waals surface area contributed by atoms with Gasteiger partial charge in [-0.1, -0.05) is 0 Å². The molecule has 0 amide bonds. The molecule has 0 radical (unpaired) electrons. The summed E-state index contributed by atoms with van der Waals surface area (Å²) < 4.78 is 12.0. The van der Waals surface area contributed by atoms with Crippen molar-refractivity contribution in [2.24, 2.45) is 14.1 Å². The first-order chi connectivity index (χ1) is 25.4. The molecule has 22 heteroatoms. The molecule has 0 atom stereocenters. The van der Waals surface area contributed by atoms with Gasteiger partial charge in [0.05, 0.1) is 59.4 Å². The predicted molar refractivity (Wildman–Crippen MR) is 190 cm³/mol. The number of aromatic nitrogens is 18. The second-order valence-electron chi connectivity index (χ2n) is 11.8. The molecule has 10 aromatic heterocycles. The minimum absolute atomic E-state index is 0.148. The Kier molecular flexibility index (Phi) is 7.57. The summed E-state index contributed by atoms with van der Waals surface area (Å²) in [4.78, 5) is 39.1. The van der Waals surface area contributed by atoms with E-state index in [1.165, 1.54) is 15.7 Å². The van der Waals surface area contributed by atoms with Gasteiger partial charge >= 0.3 is 0 Å². The Bertz CT molecular complexity index is 2720. The Morgan fingerprint density at radius 2 is 1.21 bits per heavy atom. The van der Waals surface area contributed by atoms with Gasteiger partial charge in [-0.15, -0.1) is 32.9 Å². The van der Waals surface area contributed by atoms with Crippen molar-refractivity contribution in [3.63, 3.8) is 0 Å². The monoisotopic (exact) mass is 734 g/mol. The topological polar surface area (TPSA) is 224 Å². The summed E-state index contributed by atoms with van der Waals surface area (Å²) in [6.07, 6.45) is 13.2. The van der Waals surface area contributed by atoms with Crippen LogP contribution in [-0.4, -0.2) is 88.6 Å². The standard InChI is InChI=1S/2C15H13N9OS/c1-22-12-10(4-18-24(15(12)25)5-9-2-3-17-21-9)13-14(22)20-11(26-13)6-23-8-16-7-19-23;1-22-12-10(4-19-24(15(12)25)5-9-2-3-16-21-9)13-14(22)20-11(26-13)6-23-7-17-18-8-23/h2-4,7-8H,5-6H2,1H3,(H,17,21);2-4,7-8H,5-6H2,1H3,(H,16,21). The second kappa shape index (κ2) is 12.6. The van der Waals surface area contributed by atoms with Crippen LogP contribution in [-0.2, 0) is 40.3 Å². The van der Waals surface area contributed by atoms with Gasteiger partial charge in [-0.2, -0.15) is 25.5 Å². The van der Waals surface area contributed by atoms with E-state index in [1.807, 2.05) is 39.9 Å². The van der Waals surface area contributed by atoms with Gasteiger partial charge < -0.3 is 13.7 Å². The number of H-pyrrole nitrogens is 2. The van der Waals surface area contributed by atoms with Crippen LogP contribution in [0, 0.1) is 0 Å². The summed E-state index contributed by atoms with van der Waals surface area (Å²) >= 11 is 3.09. The maximum atomic E-state index is 12.9. The maximum Gasteiger partial charge on any atom is 0.291 e. The molecule has 10 heterocycles. The molecule has 0 saturated carbocycles. The molecule has 52 heavy (non-hydrogen) atoms. The highest BCUT2D eigenvalue weighted by atomic mass is 32.1. The molecule has 10 rings (SSSR count). The summed E-state index contributed by atoms with van der Waals surface area (Å²) in [5, 5.41) is 37.3. The van der Waals surface area contributed by atoms with Crippen molar-refractivity contribution in [2.75, 3.05) is 0 Å². The normalized spacial score (nSPS) is 11.7. The van der Waals surface area contributed by atoms with Crippen molar-refractivity contribution in [1.82, 2.24) is 88.6 Å². The van der Waals surface area contributed by atoms with Crippen LogP contribution in [0.1, 0.15) is 21.4 Å². The number of thiazole rings is 2. The van der Waals surface area contributed by atoms with E-state index in [2.05, 4.69) is 60.8 Å². The molecule has 0 aliphatic heterocycles. The van der Waals surface area contributed by atoms with Gasteiger partial charge in [0.1, 0.15) is 46.4 Å². The molecule has 2 N–H and O–H groups in total. The van der Waals surface area contributed by atoms with E-state index in [0.29, 0.717) is 37.2 Å². The van der Waals surface area contributed by atoms with Crippen LogP contribution in [0.25, 0.3) is 42.5 Å². The fourth-order valence-electron chi connectivity index (χ4n) is 6.01. The van der Waals surface area contributed by atoms with Crippen LogP contribution in [0.2, 0.25) is 0 Å². The largest absolute Gasteiger partial charge is 0.323 e. The average molecular weight is 735 g/mol. The first-order valence-electron chi connectivity index (χ1n) is 15.7. The first-order valence-corrected chi connectivity index (χ1v) is 17.3. The predicted octanol–water partition coefficient (Wildman–Crippen LogP) is 1.51. The third kappa shape index (κ3) is 5.45. The molecule has 0 spiro atoms. The molecule has 0 fully saturated rings. The lowest BCUT2D eigenvalue weighted by Crippen LogP contribution is -2.24. The average Bonchev–Trinajstić information content (AvgIpc) is 3.98. The lowest BCUT2D eigenvalue weighted by atomic mass is 10.3. The van der Waals surface area contributed by atoms with Crippen LogP contribution < -0.4 is 11.1 Å². The van der Waals surface area contributed by atoms with Crippen LogP contribution in [0.15, 0.2) is 71.8 Å². The van der Waals surface area contributed by atoms with Gasteiger partial charge in [0.2, 0.25) is 0 Å². The zero-order valence-electron chi connectivity index (χ0n) is 27.4. The Morgan fingerprint density at radius 3 is 1.69 bits per heavy atom. The van der Waals surface area contributed by atoms with Crippen molar-refractivity contribution in [3.05, 3.63) is 104 Å². The fraction of sp³-hybridized carbons (Fsp3) is 0.200. The van der Waals surface area contributed by atoms with Crippen LogP contribution in [0.5, 0.6) is 0 Å². The summed E-state index contributed by atoms with van der Waals surface area (Å²) in [6, 6.07) is 3.64. The zero-order chi connectivity index (χ0) is 35.3. The maximum absolute atomic E-state index is 12.9. The smallest absolute Gasteiger partial charge is 0.291 e. The fourth-order valence-corrected chi connectivity index (χ4v) is 8.22. The molecular formula is C30H26N18O2S2. The Balaban J connectivity index is 0.000000138. The van der Waals surface area contributed by atoms with E-state index in [4.69, 9.17) is 0 Å². The Labute approximate surface area is 297 Å². The minimum atomic E-state index is -0.150. The molecular weight excluding hydrogens is 709 g/mol. The minimum Gasteiger partial charge on any atom is -0.323 e. The Morgan fingerprint density at radius 1 is 0.673 bits per heavy atom. The third-order valence-corrected chi connectivity index (χ3v) is 10.6. The second-order valence-corrected chi connectivity index (χ2v) is 13.9. The molecule has 10 aromatic rings. The van der Waals surface area contributed by atoms with Gasteiger partial charge in [-0.3, -0.25) is 19.8 Å². The lowest BCUT2D eigenvalue weighted by molar-refractivity contribution is 0.631. The SMILES string of the molecule is Cn1c2nc(Cn3cncn3)sc2c2cnn(Cc3ccn[nH]3)c(=O)c21.Cn1c2nc(Cn3cnnc3)sc2c2cnn(Cc3ccn[nH]3)c(=O)c21. The molecule has 0 aliphatic rings. The number of nitrogens with one attached hydrogen (secondary N) is 2. The molecule has 260 valence electrons. The molecule has 0 bridgehead atoms. The highest BCUT2D eigenvalue weighted by molar-refractivity contribution is 7.20. The summed E-state index contributed by atoms with van der Waals surface area (Å²) in [7, 11) is 3.71. The molecule has 0 saturated heterocycles. The first kappa shape index (κ1) is 31.3. The highest BCUT2D eigenvalue weighted by Gasteiger charge is 2.20. The van der Waals surface area contributed by atoms with E-state index in [1.54, 1.807) is 71.1 Å². The van der Waals surface area contributed by atoms with E-state index in [-0.39, 0.29) is 11.1 Å². The number of aromatic amines is 2. The number of nitrogens with zero attached hydrogens (tertiary/aromatic N) is 16. The molecule has 0 unspecified atom stereocenters. The van der Waals surface area contributed by atoms with Crippen molar-refractivity contribution < 1.29 is 0 Å². The van der Waals surface area contributed by atoms with Gasteiger partial charge in [0, 0.05) is 37.3 Å². The van der Waals surface area contributed by atoms with Crippen molar-refractivity contribution in [1.29, 1.82) is 0 Å². The van der Waals surface area contributed by atoms with E-state index in [0.717, 1.165) is 52.9 Å². The van der Waals surface area contributed by atoms with Gasteiger partial charge in [0.15, 0.2) is 11.3 Å². The number of aryl methyl sites for hydroxylation is 2. The van der Waals surface area contributed by atoms with E-state index in [9.17, 15) is 9.59 Å². The number of hydrogen-bond acceptors (Lipinski definition) is 14. The van der Waals surface area contributed by atoms with Crippen LogP contribution >= 0.6 is 22.7 Å².